The van der Waals surface area contributed by atoms with Gasteiger partial charge in [-0.05, 0) is 27.2 Å². The van der Waals surface area contributed by atoms with Crippen LogP contribution in [0.5, 0.6) is 0 Å². The minimum absolute atomic E-state index is 0.233. The molecule has 4 nitrogen and oxygen atoms in total. The molecule has 12 heavy (non-hydrogen) atoms. The van der Waals surface area contributed by atoms with E-state index >= 15 is 0 Å². The van der Waals surface area contributed by atoms with Crippen LogP contribution in [0.15, 0.2) is 0 Å². The average molecular weight is 196 g/mol. The van der Waals surface area contributed by atoms with Crippen molar-refractivity contribution in [1.82, 2.24) is 0 Å². The third-order valence-corrected chi connectivity index (χ3v) is 1.89. The van der Waals surface area contributed by atoms with Gasteiger partial charge < -0.3 is 4.74 Å². The molecule has 0 aromatic heterocycles. The Morgan fingerprint density at radius 1 is 1.33 bits per heavy atom. The molecule has 0 amide bonds. The Balaban J connectivity index is 3.48. The molecule has 5 heteroatoms. The summed E-state index contributed by atoms with van der Waals surface area (Å²) in [6.07, 6.45) is 0.329. The van der Waals surface area contributed by atoms with Crippen LogP contribution in [0.1, 0.15) is 27.2 Å². The van der Waals surface area contributed by atoms with Crippen LogP contribution < -0.4 is 0 Å². The molecule has 0 saturated heterocycles. The van der Waals surface area contributed by atoms with Crippen LogP contribution in [0.3, 0.4) is 0 Å². The van der Waals surface area contributed by atoms with Crippen molar-refractivity contribution >= 4 is 10.1 Å². The van der Waals surface area contributed by atoms with Gasteiger partial charge in [0.2, 0.25) is 0 Å². The van der Waals surface area contributed by atoms with Gasteiger partial charge in [-0.2, -0.15) is 8.42 Å². The van der Waals surface area contributed by atoms with E-state index in [1.165, 1.54) is 0 Å². The first-order chi connectivity index (χ1) is 5.21. The van der Waals surface area contributed by atoms with Crippen molar-refractivity contribution in [3.05, 3.63) is 0 Å². The van der Waals surface area contributed by atoms with E-state index in [0.29, 0.717) is 13.0 Å². The predicted molar refractivity (Wildman–Crippen MR) is 46.7 cm³/mol. The highest BCUT2D eigenvalue weighted by Crippen LogP contribution is 2.06. The molecule has 74 valence electrons. The van der Waals surface area contributed by atoms with Crippen LogP contribution in [0, 0.1) is 0 Å². The van der Waals surface area contributed by atoms with Gasteiger partial charge in [-0.25, -0.2) is 0 Å². The lowest BCUT2D eigenvalue weighted by atomic mass is 10.2. The highest BCUT2D eigenvalue weighted by molar-refractivity contribution is 7.85. The number of hydrogen-bond acceptors (Lipinski definition) is 3. The van der Waals surface area contributed by atoms with Crippen molar-refractivity contribution in [2.75, 3.05) is 12.4 Å². The predicted octanol–water partition coefficient (Wildman–Crippen LogP) is 1.08. The minimum atomic E-state index is -3.82. The summed E-state index contributed by atoms with van der Waals surface area (Å²) in [7, 11) is -3.82. The Labute approximate surface area is 73.7 Å². The maximum atomic E-state index is 10.3. The van der Waals surface area contributed by atoms with E-state index in [2.05, 4.69) is 0 Å². The van der Waals surface area contributed by atoms with Crippen LogP contribution in [-0.2, 0) is 14.9 Å². The molecule has 0 radical (unpaired) electrons. The van der Waals surface area contributed by atoms with E-state index in [-0.39, 0.29) is 11.4 Å². The quantitative estimate of drug-likeness (QED) is 0.540. The maximum Gasteiger partial charge on any atom is 0.264 e. The van der Waals surface area contributed by atoms with E-state index < -0.39 is 10.1 Å². The normalized spacial score (nSPS) is 13.3. The largest absolute Gasteiger partial charge is 0.376 e. The van der Waals surface area contributed by atoms with Crippen LogP contribution in [-0.4, -0.2) is 30.9 Å². The third kappa shape index (κ3) is 9.87. The molecule has 0 saturated carbocycles. The summed E-state index contributed by atoms with van der Waals surface area (Å²) >= 11 is 0. The van der Waals surface area contributed by atoms with Crippen molar-refractivity contribution in [1.29, 1.82) is 0 Å². The van der Waals surface area contributed by atoms with Crippen LogP contribution >= 0.6 is 0 Å². The molecule has 0 fully saturated rings. The second-order valence-electron chi connectivity index (χ2n) is 3.60. The minimum Gasteiger partial charge on any atom is -0.376 e. The van der Waals surface area contributed by atoms with E-state index in [9.17, 15) is 8.42 Å². The summed E-state index contributed by atoms with van der Waals surface area (Å²) in [5.74, 6) is -0.233. The van der Waals surface area contributed by atoms with Gasteiger partial charge in [0.15, 0.2) is 0 Å². The zero-order valence-corrected chi connectivity index (χ0v) is 8.52. The first-order valence-corrected chi connectivity index (χ1v) is 5.41. The molecular weight excluding hydrogens is 180 g/mol. The average Bonchev–Trinajstić information content (AvgIpc) is 1.76. The number of ether oxygens (including phenoxy) is 1. The number of hydrogen-bond donors (Lipinski definition) is 1. The molecule has 0 bridgehead atoms. The van der Waals surface area contributed by atoms with Gasteiger partial charge in [0.1, 0.15) is 0 Å². The fourth-order valence-corrected chi connectivity index (χ4v) is 1.10. The number of rotatable bonds is 4. The molecule has 0 aliphatic heterocycles. The monoisotopic (exact) mass is 196 g/mol. The van der Waals surface area contributed by atoms with E-state index in [4.69, 9.17) is 9.29 Å². The van der Waals surface area contributed by atoms with E-state index in [1.807, 2.05) is 20.8 Å². The highest BCUT2D eigenvalue weighted by Gasteiger charge is 2.10. The van der Waals surface area contributed by atoms with Crippen LogP contribution in [0.2, 0.25) is 0 Å². The molecule has 0 atom stereocenters. The molecule has 0 aliphatic carbocycles. The van der Waals surface area contributed by atoms with Crippen molar-refractivity contribution in [2.24, 2.45) is 0 Å². The Morgan fingerprint density at radius 3 is 2.17 bits per heavy atom. The fourth-order valence-electron chi connectivity index (χ4n) is 0.620. The third-order valence-electron chi connectivity index (χ3n) is 1.08. The van der Waals surface area contributed by atoms with Gasteiger partial charge in [0.05, 0.1) is 11.4 Å². The molecule has 0 aromatic rings. The molecule has 0 heterocycles. The van der Waals surface area contributed by atoms with E-state index in [0.717, 1.165) is 0 Å². The lowest BCUT2D eigenvalue weighted by molar-refractivity contribution is -0.00222. The maximum absolute atomic E-state index is 10.3. The summed E-state index contributed by atoms with van der Waals surface area (Å²) in [5, 5.41) is 0. The lowest BCUT2D eigenvalue weighted by Crippen LogP contribution is -2.20. The fraction of sp³-hybridized carbons (Fsp3) is 1.00. The van der Waals surface area contributed by atoms with Crippen molar-refractivity contribution < 1.29 is 17.7 Å². The lowest BCUT2D eigenvalue weighted by Gasteiger charge is -2.18. The van der Waals surface area contributed by atoms with Gasteiger partial charge in [-0.3, -0.25) is 4.55 Å². The zero-order valence-electron chi connectivity index (χ0n) is 7.70. The van der Waals surface area contributed by atoms with Crippen LogP contribution in [0.25, 0.3) is 0 Å². The Kier molecular flexibility index (Phi) is 4.16. The summed E-state index contributed by atoms with van der Waals surface area (Å²) in [4.78, 5) is 0. The van der Waals surface area contributed by atoms with Gasteiger partial charge in [-0.15, -0.1) is 0 Å². The van der Waals surface area contributed by atoms with Crippen LogP contribution in [0.4, 0.5) is 0 Å². The SMILES string of the molecule is CC(C)(C)OCCCS(=O)(=O)O. The molecule has 0 spiro atoms. The summed E-state index contributed by atoms with van der Waals surface area (Å²) in [5.41, 5.74) is -0.251. The van der Waals surface area contributed by atoms with Gasteiger partial charge in [-0.1, -0.05) is 0 Å². The zero-order chi connectivity index (χ0) is 9.83. The Bertz CT molecular complexity index is 212. The first-order valence-electron chi connectivity index (χ1n) is 3.80. The second kappa shape index (κ2) is 4.20. The van der Waals surface area contributed by atoms with Gasteiger partial charge in [0.25, 0.3) is 10.1 Å². The molecule has 0 unspecified atom stereocenters. The molecule has 0 rings (SSSR count). The Hall–Kier alpha value is -0.130. The van der Waals surface area contributed by atoms with Gasteiger partial charge in [0, 0.05) is 6.61 Å². The molecular formula is C7H16O4S. The topological polar surface area (TPSA) is 63.6 Å². The summed E-state index contributed by atoms with van der Waals surface area (Å²) in [6.45, 7) is 6.02. The van der Waals surface area contributed by atoms with Gasteiger partial charge >= 0.3 is 0 Å². The standard InChI is InChI=1S/C7H16O4S/c1-7(2,3)11-5-4-6-12(8,9)10/h4-6H2,1-3H3,(H,8,9,10). The van der Waals surface area contributed by atoms with Crippen molar-refractivity contribution in [2.45, 2.75) is 32.8 Å². The summed E-state index contributed by atoms with van der Waals surface area (Å²) in [6, 6.07) is 0. The van der Waals surface area contributed by atoms with E-state index in [1.54, 1.807) is 0 Å². The molecule has 1 N–H and O–H groups in total. The molecule has 0 aliphatic rings. The van der Waals surface area contributed by atoms with Crippen molar-refractivity contribution in [3.63, 3.8) is 0 Å². The second-order valence-corrected chi connectivity index (χ2v) is 5.17. The summed E-state index contributed by atoms with van der Waals surface area (Å²) < 4.78 is 34.1. The first kappa shape index (κ1) is 11.9. The Morgan fingerprint density at radius 2 is 1.83 bits per heavy atom. The smallest absolute Gasteiger partial charge is 0.264 e. The van der Waals surface area contributed by atoms with Crippen molar-refractivity contribution in [3.8, 4) is 0 Å². The molecule has 0 aromatic carbocycles. The highest BCUT2D eigenvalue weighted by atomic mass is 32.2.